The van der Waals surface area contributed by atoms with E-state index in [1.807, 2.05) is 18.2 Å². The summed E-state index contributed by atoms with van der Waals surface area (Å²) in [5.74, 6) is 0. The zero-order chi connectivity index (χ0) is 27.9. The van der Waals surface area contributed by atoms with E-state index in [0.717, 1.165) is 44.6 Å². The highest BCUT2D eigenvalue weighted by Gasteiger charge is 2.16. The summed E-state index contributed by atoms with van der Waals surface area (Å²) in [7, 11) is 0. The summed E-state index contributed by atoms with van der Waals surface area (Å²) >= 11 is 0. The average molecular weight is 538 g/mol. The largest absolute Gasteiger partial charge is 0.456 e. The Morgan fingerprint density at radius 3 is 1.90 bits per heavy atom. The lowest BCUT2D eigenvalue weighted by Crippen LogP contribution is -2.09. The predicted molar refractivity (Wildman–Crippen MR) is 177 cm³/mol. The average Bonchev–Trinajstić information content (AvgIpc) is 3.45. The van der Waals surface area contributed by atoms with E-state index < -0.39 is 0 Å². The SMILES string of the molecule is c1ccc(N(c2ccc(-c3cccc4oc5ccccc5c34)cc2)c2cccc(-c3ccc4ccccc4c3)c2)cc1. The topological polar surface area (TPSA) is 16.4 Å². The van der Waals surface area contributed by atoms with E-state index in [2.05, 4.69) is 150 Å². The van der Waals surface area contributed by atoms with E-state index in [0.29, 0.717) is 0 Å². The van der Waals surface area contributed by atoms with Gasteiger partial charge in [-0.1, -0.05) is 109 Å². The molecule has 0 saturated heterocycles. The van der Waals surface area contributed by atoms with Crippen LogP contribution in [0.3, 0.4) is 0 Å². The smallest absolute Gasteiger partial charge is 0.136 e. The molecule has 42 heavy (non-hydrogen) atoms. The monoisotopic (exact) mass is 537 g/mol. The Hall–Kier alpha value is -5.60. The molecule has 0 bridgehead atoms. The van der Waals surface area contributed by atoms with Crippen LogP contribution >= 0.6 is 0 Å². The summed E-state index contributed by atoms with van der Waals surface area (Å²) in [6, 6.07) is 58.0. The lowest BCUT2D eigenvalue weighted by atomic mass is 9.98. The molecule has 0 fully saturated rings. The van der Waals surface area contributed by atoms with Crippen LogP contribution in [-0.4, -0.2) is 0 Å². The number of furan rings is 1. The quantitative estimate of drug-likeness (QED) is 0.217. The van der Waals surface area contributed by atoms with Gasteiger partial charge in [-0.25, -0.2) is 0 Å². The fraction of sp³-hybridized carbons (Fsp3) is 0. The van der Waals surface area contributed by atoms with Gasteiger partial charge in [-0.15, -0.1) is 0 Å². The maximum Gasteiger partial charge on any atom is 0.136 e. The van der Waals surface area contributed by atoms with E-state index in [9.17, 15) is 0 Å². The van der Waals surface area contributed by atoms with Crippen molar-refractivity contribution in [2.45, 2.75) is 0 Å². The standard InChI is InChI=1S/C40H27NO/c1-2-13-33(14-3-1)41(35-15-8-12-31(27-35)32-21-20-28-10-4-5-11-30(28)26-32)34-24-22-29(23-25-34)36-17-9-19-39-40(36)37-16-6-7-18-38(37)42-39/h1-27H. The molecule has 7 aromatic carbocycles. The summed E-state index contributed by atoms with van der Waals surface area (Å²) in [5, 5.41) is 4.80. The maximum atomic E-state index is 6.16. The molecule has 198 valence electrons. The number of fused-ring (bicyclic) bond motifs is 4. The van der Waals surface area contributed by atoms with Gasteiger partial charge < -0.3 is 9.32 Å². The molecule has 0 unspecified atom stereocenters. The van der Waals surface area contributed by atoms with Gasteiger partial charge in [-0.05, 0) is 87.6 Å². The summed E-state index contributed by atoms with van der Waals surface area (Å²) < 4.78 is 6.16. The van der Waals surface area contributed by atoms with Gasteiger partial charge in [0, 0.05) is 27.8 Å². The van der Waals surface area contributed by atoms with Gasteiger partial charge in [-0.3, -0.25) is 0 Å². The van der Waals surface area contributed by atoms with Crippen LogP contribution in [0.1, 0.15) is 0 Å². The van der Waals surface area contributed by atoms with Gasteiger partial charge in [0.05, 0.1) is 0 Å². The van der Waals surface area contributed by atoms with Gasteiger partial charge in [0.1, 0.15) is 11.2 Å². The van der Waals surface area contributed by atoms with Crippen LogP contribution in [0.15, 0.2) is 168 Å². The molecule has 8 aromatic rings. The summed E-state index contributed by atoms with van der Waals surface area (Å²) in [6.07, 6.45) is 0. The fourth-order valence-electron chi connectivity index (χ4n) is 6.02. The minimum Gasteiger partial charge on any atom is -0.456 e. The predicted octanol–water partition coefficient (Wildman–Crippen LogP) is 11.5. The van der Waals surface area contributed by atoms with Crippen LogP contribution in [0.5, 0.6) is 0 Å². The van der Waals surface area contributed by atoms with Crippen molar-refractivity contribution in [1.82, 2.24) is 0 Å². The number of para-hydroxylation sites is 2. The molecule has 0 atom stereocenters. The molecule has 0 amide bonds. The lowest BCUT2D eigenvalue weighted by molar-refractivity contribution is 0.669. The highest BCUT2D eigenvalue weighted by Crippen LogP contribution is 2.40. The molecule has 0 N–H and O–H groups in total. The molecule has 0 spiro atoms. The Morgan fingerprint density at radius 1 is 0.381 bits per heavy atom. The molecule has 2 heteroatoms. The molecule has 1 heterocycles. The number of anilines is 3. The first kappa shape index (κ1) is 24.2. The second-order valence-corrected chi connectivity index (χ2v) is 10.6. The van der Waals surface area contributed by atoms with Crippen LogP contribution in [-0.2, 0) is 0 Å². The normalized spacial score (nSPS) is 11.3. The second-order valence-electron chi connectivity index (χ2n) is 10.6. The number of benzene rings is 7. The van der Waals surface area contributed by atoms with Gasteiger partial charge in [0.2, 0.25) is 0 Å². The minimum absolute atomic E-state index is 0.911. The maximum absolute atomic E-state index is 6.16. The van der Waals surface area contributed by atoms with Gasteiger partial charge in [-0.2, -0.15) is 0 Å². The van der Waals surface area contributed by atoms with E-state index in [1.54, 1.807) is 0 Å². The number of rotatable bonds is 5. The van der Waals surface area contributed by atoms with Crippen LogP contribution in [0, 0.1) is 0 Å². The zero-order valence-corrected chi connectivity index (χ0v) is 22.9. The van der Waals surface area contributed by atoms with Crippen molar-refractivity contribution in [2.24, 2.45) is 0 Å². The number of hydrogen-bond acceptors (Lipinski definition) is 2. The van der Waals surface area contributed by atoms with Crippen LogP contribution in [0.2, 0.25) is 0 Å². The molecule has 8 rings (SSSR count). The molecule has 0 saturated carbocycles. The number of hydrogen-bond donors (Lipinski definition) is 0. The summed E-state index contributed by atoms with van der Waals surface area (Å²) in [4.78, 5) is 2.32. The van der Waals surface area contributed by atoms with Crippen LogP contribution in [0.4, 0.5) is 17.1 Å². The third-order valence-corrected chi connectivity index (χ3v) is 8.04. The molecule has 1 aromatic heterocycles. The molecule has 0 aliphatic heterocycles. The van der Waals surface area contributed by atoms with Crippen LogP contribution < -0.4 is 4.90 Å². The van der Waals surface area contributed by atoms with E-state index in [4.69, 9.17) is 4.42 Å². The Bertz CT molecular complexity index is 2190. The zero-order valence-electron chi connectivity index (χ0n) is 22.9. The summed E-state index contributed by atoms with van der Waals surface area (Å²) in [5.41, 5.74) is 9.89. The lowest BCUT2D eigenvalue weighted by Gasteiger charge is -2.26. The molecule has 0 aliphatic carbocycles. The van der Waals surface area contributed by atoms with Crippen molar-refractivity contribution in [3.8, 4) is 22.3 Å². The third kappa shape index (κ3) is 4.22. The molecule has 2 nitrogen and oxygen atoms in total. The first-order chi connectivity index (χ1) is 20.8. The van der Waals surface area contributed by atoms with Crippen molar-refractivity contribution < 1.29 is 4.42 Å². The van der Waals surface area contributed by atoms with Gasteiger partial charge >= 0.3 is 0 Å². The third-order valence-electron chi connectivity index (χ3n) is 8.04. The van der Waals surface area contributed by atoms with Crippen molar-refractivity contribution in [3.63, 3.8) is 0 Å². The summed E-state index contributed by atoms with van der Waals surface area (Å²) in [6.45, 7) is 0. The molecular formula is C40H27NO. The first-order valence-electron chi connectivity index (χ1n) is 14.3. The Kier molecular flexibility index (Phi) is 5.82. The molecule has 0 aliphatic rings. The first-order valence-corrected chi connectivity index (χ1v) is 14.3. The van der Waals surface area contributed by atoms with Gasteiger partial charge in [0.15, 0.2) is 0 Å². The highest BCUT2D eigenvalue weighted by molar-refractivity contribution is 6.12. The molecule has 0 radical (unpaired) electrons. The minimum atomic E-state index is 0.911. The fourth-order valence-corrected chi connectivity index (χ4v) is 6.02. The Labute approximate surface area is 244 Å². The van der Waals surface area contributed by atoms with E-state index in [-0.39, 0.29) is 0 Å². The second kappa shape index (κ2) is 10.1. The van der Waals surface area contributed by atoms with Crippen LogP contribution in [0.25, 0.3) is 55.0 Å². The Morgan fingerprint density at radius 2 is 1.02 bits per heavy atom. The van der Waals surface area contributed by atoms with Gasteiger partial charge in [0.25, 0.3) is 0 Å². The Balaban J connectivity index is 1.22. The van der Waals surface area contributed by atoms with Crippen molar-refractivity contribution >= 4 is 49.8 Å². The van der Waals surface area contributed by atoms with E-state index in [1.165, 1.54) is 27.5 Å². The van der Waals surface area contributed by atoms with Crippen molar-refractivity contribution in [2.75, 3.05) is 4.90 Å². The number of nitrogens with zero attached hydrogens (tertiary/aromatic N) is 1. The highest BCUT2D eigenvalue weighted by atomic mass is 16.3. The van der Waals surface area contributed by atoms with Crippen molar-refractivity contribution in [1.29, 1.82) is 0 Å². The molecular weight excluding hydrogens is 510 g/mol. The van der Waals surface area contributed by atoms with E-state index >= 15 is 0 Å². The van der Waals surface area contributed by atoms with Crippen molar-refractivity contribution in [3.05, 3.63) is 164 Å².